The number of hydrogen-bond acceptors (Lipinski definition) is 4. The van der Waals surface area contributed by atoms with Crippen LogP contribution in [0.1, 0.15) is 0 Å². The van der Waals surface area contributed by atoms with Crippen molar-refractivity contribution < 1.29 is 14.4 Å². The Morgan fingerprint density at radius 3 is 2.33 bits per heavy atom. The highest BCUT2D eigenvalue weighted by Gasteiger charge is 2.20. The number of hydrogen-bond donors (Lipinski definition) is 2. The maximum Gasteiger partial charge on any atom is 0.407 e. The molecule has 21 heavy (non-hydrogen) atoms. The Kier molecular flexibility index (Phi) is 3.39. The van der Waals surface area contributed by atoms with Crippen molar-refractivity contribution in [2.75, 3.05) is 31.1 Å². The molecule has 7 heteroatoms. The molecule has 110 valence electrons. The fraction of sp³-hybridized carbons (Fsp3) is 0.286. The van der Waals surface area contributed by atoms with Gasteiger partial charge in [0.15, 0.2) is 0 Å². The zero-order chi connectivity index (χ0) is 14.8. The maximum atomic E-state index is 11.4. The fourth-order valence-corrected chi connectivity index (χ4v) is 2.46. The number of amides is 1. The molecule has 7 nitrogen and oxygen atoms in total. The predicted molar refractivity (Wildman–Crippen MR) is 76.6 cm³/mol. The Morgan fingerprint density at radius 2 is 1.81 bits per heavy atom. The molecule has 2 N–H and O–H groups in total. The summed E-state index contributed by atoms with van der Waals surface area (Å²) >= 11 is 0. The first-order valence-corrected chi connectivity index (χ1v) is 6.65. The monoisotopic (exact) mass is 289 g/mol. The number of rotatable bonds is 2. The molecule has 0 bridgehead atoms. The van der Waals surface area contributed by atoms with Crippen LogP contribution in [0.2, 0.25) is 0 Å². The highest BCUT2D eigenvalue weighted by atomic mass is 16.5. The molecule has 1 aliphatic rings. The van der Waals surface area contributed by atoms with Crippen molar-refractivity contribution in [1.29, 1.82) is 0 Å². The molecule has 2 aromatic rings. The summed E-state index contributed by atoms with van der Waals surface area (Å²) in [5, 5.41) is 11.4. The molecule has 0 radical (unpaired) electrons. The number of carboxylic acid groups (broad SMARTS) is 1. The second kappa shape index (κ2) is 5.35. The van der Waals surface area contributed by atoms with Gasteiger partial charge in [-0.15, -0.1) is 0 Å². The molecule has 1 aliphatic heterocycles. The SMILES string of the molecule is O=C(O)N1CCN(c2ccc(-c3c[nH]oc3=O)cc2)CC1. The summed E-state index contributed by atoms with van der Waals surface area (Å²) in [7, 11) is 0. The summed E-state index contributed by atoms with van der Waals surface area (Å²) in [5.74, 6) is 0. The van der Waals surface area contributed by atoms with Gasteiger partial charge in [-0.05, 0) is 17.7 Å². The van der Waals surface area contributed by atoms with Crippen molar-refractivity contribution in [2.24, 2.45) is 0 Å². The first-order chi connectivity index (χ1) is 10.1. The lowest BCUT2D eigenvalue weighted by molar-refractivity contribution is 0.142. The Labute approximate surface area is 120 Å². The number of benzene rings is 1. The minimum absolute atomic E-state index is 0.391. The Bertz CT molecular complexity index is 681. The van der Waals surface area contributed by atoms with Crippen molar-refractivity contribution in [3.05, 3.63) is 40.9 Å². The minimum Gasteiger partial charge on any atom is -0.465 e. The number of nitrogens with one attached hydrogen (secondary N) is 1. The summed E-state index contributed by atoms with van der Waals surface area (Å²) in [6, 6.07) is 7.58. The molecule has 1 saturated heterocycles. The number of piperazine rings is 1. The van der Waals surface area contributed by atoms with Gasteiger partial charge in [-0.1, -0.05) is 12.1 Å². The third-order valence-electron chi connectivity index (χ3n) is 3.67. The van der Waals surface area contributed by atoms with E-state index >= 15 is 0 Å². The summed E-state index contributed by atoms with van der Waals surface area (Å²) in [5.41, 5.74) is 1.91. The molecular formula is C14H15N3O4. The third kappa shape index (κ3) is 2.62. The number of nitrogens with zero attached hydrogens (tertiary/aromatic N) is 2. The summed E-state index contributed by atoms with van der Waals surface area (Å²) in [6.07, 6.45) is 0.660. The van der Waals surface area contributed by atoms with Crippen molar-refractivity contribution >= 4 is 11.8 Å². The number of anilines is 1. The van der Waals surface area contributed by atoms with Crippen LogP contribution < -0.4 is 10.5 Å². The number of aromatic amines is 1. The van der Waals surface area contributed by atoms with E-state index in [0.717, 1.165) is 11.3 Å². The number of aromatic nitrogens is 1. The second-order valence-corrected chi connectivity index (χ2v) is 4.87. The molecule has 1 fully saturated rings. The van der Waals surface area contributed by atoms with Crippen LogP contribution in [0.4, 0.5) is 10.5 Å². The van der Waals surface area contributed by atoms with Crippen LogP contribution in [0.25, 0.3) is 11.1 Å². The average Bonchev–Trinajstić information content (AvgIpc) is 2.94. The lowest BCUT2D eigenvalue weighted by atomic mass is 10.1. The van der Waals surface area contributed by atoms with Gasteiger partial charge >= 0.3 is 11.7 Å². The zero-order valence-electron chi connectivity index (χ0n) is 11.3. The van der Waals surface area contributed by atoms with Gasteiger partial charge in [0.2, 0.25) is 0 Å². The fourth-order valence-electron chi connectivity index (χ4n) is 2.46. The predicted octanol–water partition coefficient (Wildman–Crippen LogP) is 1.43. The van der Waals surface area contributed by atoms with Gasteiger partial charge in [0.25, 0.3) is 0 Å². The van der Waals surface area contributed by atoms with Gasteiger partial charge in [0.05, 0.1) is 11.8 Å². The molecule has 3 rings (SSSR count). The third-order valence-corrected chi connectivity index (χ3v) is 3.67. The van der Waals surface area contributed by atoms with Gasteiger partial charge in [0.1, 0.15) is 0 Å². The molecule has 1 amide bonds. The van der Waals surface area contributed by atoms with Crippen molar-refractivity contribution in [3.63, 3.8) is 0 Å². The molecule has 0 spiro atoms. The molecule has 0 unspecified atom stereocenters. The van der Waals surface area contributed by atoms with E-state index in [0.29, 0.717) is 31.7 Å². The van der Waals surface area contributed by atoms with Crippen LogP contribution in [0, 0.1) is 0 Å². The molecule has 1 aromatic carbocycles. The van der Waals surface area contributed by atoms with Crippen LogP contribution in [0.5, 0.6) is 0 Å². The van der Waals surface area contributed by atoms with Gasteiger partial charge in [-0.25, -0.2) is 14.7 Å². The van der Waals surface area contributed by atoms with Crippen LogP contribution in [0.3, 0.4) is 0 Å². The van der Waals surface area contributed by atoms with E-state index in [1.165, 1.54) is 11.1 Å². The molecular weight excluding hydrogens is 274 g/mol. The van der Waals surface area contributed by atoms with Crippen LogP contribution in [0.15, 0.2) is 39.8 Å². The lowest BCUT2D eigenvalue weighted by Gasteiger charge is -2.34. The van der Waals surface area contributed by atoms with E-state index in [-0.39, 0.29) is 0 Å². The van der Waals surface area contributed by atoms with E-state index in [9.17, 15) is 9.59 Å². The van der Waals surface area contributed by atoms with E-state index in [1.54, 1.807) is 0 Å². The highest BCUT2D eigenvalue weighted by molar-refractivity contribution is 5.66. The van der Waals surface area contributed by atoms with E-state index in [1.807, 2.05) is 24.3 Å². The average molecular weight is 289 g/mol. The first kappa shape index (κ1) is 13.3. The zero-order valence-corrected chi connectivity index (χ0v) is 11.3. The van der Waals surface area contributed by atoms with Crippen LogP contribution >= 0.6 is 0 Å². The van der Waals surface area contributed by atoms with E-state index in [2.05, 4.69) is 14.6 Å². The maximum absolute atomic E-state index is 11.4. The second-order valence-electron chi connectivity index (χ2n) is 4.87. The van der Waals surface area contributed by atoms with Crippen molar-refractivity contribution in [1.82, 2.24) is 10.1 Å². The Morgan fingerprint density at radius 1 is 1.14 bits per heavy atom. The molecule has 0 saturated carbocycles. The Hall–Kier alpha value is -2.70. The van der Waals surface area contributed by atoms with Gasteiger partial charge in [-0.3, -0.25) is 0 Å². The van der Waals surface area contributed by atoms with E-state index < -0.39 is 11.7 Å². The quantitative estimate of drug-likeness (QED) is 0.873. The van der Waals surface area contributed by atoms with E-state index in [4.69, 9.17) is 5.11 Å². The number of carbonyl (C=O) groups is 1. The number of H-pyrrole nitrogens is 1. The van der Waals surface area contributed by atoms with Gasteiger partial charge < -0.3 is 19.4 Å². The summed E-state index contributed by atoms with van der Waals surface area (Å²) in [4.78, 5) is 25.8. The van der Waals surface area contributed by atoms with Crippen LogP contribution in [-0.2, 0) is 0 Å². The van der Waals surface area contributed by atoms with Gasteiger partial charge in [0, 0.05) is 31.9 Å². The van der Waals surface area contributed by atoms with Crippen molar-refractivity contribution in [2.45, 2.75) is 0 Å². The normalized spacial score (nSPS) is 15.2. The minimum atomic E-state index is -0.871. The lowest BCUT2D eigenvalue weighted by Crippen LogP contribution is -2.48. The topological polar surface area (TPSA) is 89.8 Å². The summed E-state index contributed by atoms with van der Waals surface area (Å²) < 4.78 is 4.65. The first-order valence-electron chi connectivity index (χ1n) is 6.65. The largest absolute Gasteiger partial charge is 0.465 e. The molecule has 2 heterocycles. The summed E-state index contributed by atoms with van der Waals surface area (Å²) in [6.45, 7) is 2.33. The standard InChI is InChI=1S/C14H15N3O4/c18-13-12(9-15-21-13)10-1-3-11(4-2-10)16-5-7-17(8-6-16)14(19)20/h1-4,9,15H,5-8H2,(H,19,20). The van der Waals surface area contributed by atoms with Crippen LogP contribution in [-0.4, -0.2) is 47.4 Å². The smallest absolute Gasteiger partial charge is 0.407 e. The molecule has 0 aliphatic carbocycles. The molecule has 1 aromatic heterocycles. The van der Waals surface area contributed by atoms with Gasteiger partial charge in [-0.2, -0.15) is 0 Å². The highest BCUT2D eigenvalue weighted by Crippen LogP contribution is 2.21. The van der Waals surface area contributed by atoms with Crippen molar-refractivity contribution in [3.8, 4) is 11.1 Å². The molecule has 0 atom stereocenters. The Balaban J connectivity index is 1.72.